The number of rotatable bonds is 4. The van der Waals surface area contributed by atoms with Crippen LogP contribution in [0.5, 0.6) is 0 Å². The number of aliphatic hydroxyl groups excluding tert-OH is 2. The van der Waals surface area contributed by atoms with Gasteiger partial charge in [-0.2, -0.15) is 0 Å². The second kappa shape index (κ2) is 4.61. The van der Waals surface area contributed by atoms with Crippen LogP contribution >= 0.6 is 0 Å². The van der Waals surface area contributed by atoms with Gasteiger partial charge in [-0.25, -0.2) is 4.98 Å². The van der Waals surface area contributed by atoms with Crippen molar-refractivity contribution >= 4 is 11.0 Å². The first-order valence-electron chi connectivity index (χ1n) is 5.18. The number of nitrogens with zero attached hydrogens (tertiary/aromatic N) is 2. The van der Waals surface area contributed by atoms with Crippen LogP contribution in [0, 0.1) is 0 Å². The Kier molecular flexibility index (Phi) is 3.19. The van der Waals surface area contributed by atoms with E-state index in [1.54, 1.807) is 6.20 Å². The van der Waals surface area contributed by atoms with Crippen LogP contribution in [0.2, 0.25) is 0 Å². The summed E-state index contributed by atoms with van der Waals surface area (Å²) in [5.74, 6) is 0. The largest absolute Gasteiger partial charge is 0.394 e. The highest BCUT2D eigenvalue weighted by atomic mass is 16.3. The van der Waals surface area contributed by atoms with Crippen molar-refractivity contribution in [3.8, 4) is 0 Å². The van der Waals surface area contributed by atoms with Crippen LogP contribution < -0.4 is 5.73 Å². The van der Waals surface area contributed by atoms with Gasteiger partial charge in [0.25, 0.3) is 0 Å². The quantitative estimate of drug-likeness (QED) is 0.670. The van der Waals surface area contributed by atoms with Gasteiger partial charge in [-0.1, -0.05) is 0 Å². The minimum atomic E-state index is -0.775. The third-order valence-electron chi connectivity index (χ3n) is 2.55. The molecule has 86 valence electrons. The van der Waals surface area contributed by atoms with E-state index in [1.165, 1.54) is 0 Å². The van der Waals surface area contributed by atoms with E-state index in [2.05, 4.69) is 4.98 Å². The predicted octanol–water partition coefficient (Wildman–Crippen LogP) is -0.152. The summed E-state index contributed by atoms with van der Waals surface area (Å²) in [6, 6.07) is 3.81. The molecule has 0 radical (unpaired) electrons. The molecule has 0 bridgehead atoms. The molecule has 2 aromatic heterocycles. The second-order valence-electron chi connectivity index (χ2n) is 3.72. The summed E-state index contributed by atoms with van der Waals surface area (Å²) in [5, 5.41) is 19.2. The van der Waals surface area contributed by atoms with Gasteiger partial charge in [-0.3, -0.25) is 0 Å². The molecule has 0 aliphatic rings. The molecule has 2 rings (SSSR count). The molecule has 5 heteroatoms. The third kappa shape index (κ3) is 1.92. The molecule has 0 amide bonds. The molecule has 1 unspecified atom stereocenters. The van der Waals surface area contributed by atoms with Gasteiger partial charge in [-0.05, 0) is 17.7 Å². The Balaban J connectivity index is 2.45. The molecular weight excluding hydrogens is 206 g/mol. The zero-order valence-electron chi connectivity index (χ0n) is 8.87. The summed E-state index contributed by atoms with van der Waals surface area (Å²) in [4.78, 5) is 4.25. The summed E-state index contributed by atoms with van der Waals surface area (Å²) < 4.78 is 1.82. The van der Waals surface area contributed by atoms with E-state index in [4.69, 9.17) is 10.8 Å². The Bertz CT molecular complexity index is 481. The topological polar surface area (TPSA) is 84.3 Å². The monoisotopic (exact) mass is 221 g/mol. The molecular formula is C11H15N3O2. The lowest BCUT2D eigenvalue weighted by Crippen LogP contribution is -2.19. The normalized spacial score (nSPS) is 13.2. The van der Waals surface area contributed by atoms with Crippen molar-refractivity contribution in [2.75, 3.05) is 6.61 Å². The lowest BCUT2D eigenvalue weighted by atomic mass is 10.2. The Morgan fingerprint density at radius 1 is 1.50 bits per heavy atom. The minimum Gasteiger partial charge on any atom is -0.394 e. The highest BCUT2D eigenvalue weighted by Crippen LogP contribution is 2.18. The zero-order chi connectivity index (χ0) is 11.5. The molecule has 2 heterocycles. The van der Waals surface area contributed by atoms with Gasteiger partial charge < -0.3 is 20.5 Å². The van der Waals surface area contributed by atoms with Crippen LogP contribution in [0.25, 0.3) is 11.0 Å². The highest BCUT2D eigenvalue weighted by molar-refractivity contribution is 5.80. The Hall–Kier alpha value is -1.43. The first-order chi connectivity index (χ1) is 7.76. The summed E-state index contributed by atoms with van der Waals surface area (Å²) in [5.41, 5.74) is 7.42. The zero-order valence-corrected chi connectivity index (χ0v) is 8.87. The van der Waals surface area contributed by atoms with Crippen molar-refractivity contribution in [1.29, 1.82) is 0 Å². The van der Waals surface area contributed by atoms with Crippen molar-refractivity contribution in [3.05, 3.63) is 30.1 Å². The summed E-state index contributed by atoms with van der Waals surface area (Å²) in [7, 11) is 0. The van der Waals surface area contributed by atoms with Crippen molar-refractivity contribution in [1.82, 2.24) is 9.55 Å². The van der Waals surface area contributed by atoms with E-state index in [0.29, 0.717) is 13.1 Å². The van der Waals surface area contributed by atoms with E-state index in [-0.39, 0.29) is 6.61 Å². The third-order valence-corrected chi connectivity index (χ3v) is 2.55. The number of hydrogen-bond acceptors (Lipinski definition) is 4. The number of aliphatic hydroxyl groups is 2. The molecule has 4 N–H and O–H groups in total. The van der Waals surface area contributed by atoms with Crippen LogP contribution in [0.1, 0.15) is 5.56 Å². The fourth-order valence-corrected chi connectivity index (χ4v) is 1.78. The number of pyridine rings is 1. The maximum absolute atomic E-state index is 9.42. The van der Waals surface area contributed by atoms with Gasteiger partial charge in [0.1, 0.15) is 5.65 Å². The van der Waals surface area contributed by atoms with E-state index < -0.39 is 6.10 Å². The Morgan fingerprint density at radius 2 is 2.31 bits per heavy atom. The number of aromatic nitrogens is 2. The van der Waals surface area contributed by atoms with Crippen molar-refractivity contribution in [3.63, 3.8) is 0 Å². The van der Waals surface area contributed by atoms with Crippen LogP contribution in [0.15, 0.2) is 24.5 Å². The molecule has 2 aromatic rings. The average molecular weight is 221 g/mol. The molecule has 0 spiro atoms. The Labute approximate surface area is 93.1 Å². The van der Waals surface area contributed by atoms with Crippen molar-refractivity contribution < 1.29 is 10.2 Å². The number of hydrogen-bond donors (Lipinski definition) is 3. The molecule has 5 nitrogen and oxygen atoms in total. The van der Waals surface area contributed by atoms with Gasteiger partial charge in [-0.15, -0.1) is 0 Å². The van der Waals surface area contributed by atoms with Gasteiger partial charge in [0.2, 0.25) is 0 Å². The summed E-state index contributed by atoms with van der Waals surface area (Å²) in [6.07, 6.45) is 2.80. The standard InChI is InChI=1S/C11H15N3O2/c12-4-8-5-14(6-9(16)7-15)11-10(8)2-1-3-13-11/h1-3,5,9,15-16H,4,6-7,12H2. The van der Waals surface area contributed by atoms with Gasteiger partial charge in [0.05, 0.1) is 19.3 Å². The molecule has 0 saturated heterocycles. The fourth-order valence-electron chi connectivity index (χ4n) is 1.78. The van der Waals surface area contributed by atoms with E-state index in [0.717, 1.165) is 16.6 Å². The summed E-state index contributed by atoms with van der Waals surface area (Å²) >= 11 is 0. The molecule has 0 aromatic carbocycles. The van der Waals surface area contributed by atoms with Gasteiger partial charge in [0, 0.05) is 24.3 Å². The SMILES string of the molecule is NCc1cn(CC(O)CO)c2ncccc12. The van der Waals surface area contributed by atoms with E-state index in [9.17, 15) is 5.11 Å². The number of nitrogens with two attached hydrogens (primary N) is 1. The molecule has 16 heavy (non-hydrogen) atoms. The van der Waals surface area contributed by atoms with Crippen molar-refractivity contribution in [2.45, 2.75) is 19.2 Å². The highest BCUT2D eigenvalue weighted by Gasteiger charge is 2.10. The molecule has 0 fully saturated rings. The predicted molar refractivity (Wildman–Crippen MR) is 60.7 cm³/mol. The van der Waals surface area contributed by atoms with Crippen molar-refractivity contribution in [2.24, 2.45) is 5.73 Å². The van der Waals surface area contributed by atoms with Gasteiger partial charge in [0.15, 0.2) is 0 Å². The fraction of sp³-hybridized carbons (Fsp3) is 0.364. The Morgan fingerprint density at radius 3 is 3.00 bits per heavy atom. The second-order valence-corrected chi connectivity index (χ2v) is 3.72. The molecule has 1 atom stereocenters. The van der Waals surface area contributed by atoms with Crippen LogP contribution in [-0.4, -0.2) is 32.5 Å². The van der Waals surface area contributed by atoms with E-state index >= 15 is 0 Å². The first-order valence-corrected chi connectivity index (χ1v) is 5.18. The average Bonchev–Trinajstić information content (AvgIpc) is 2.68. The first kappa shape index (κ1) is 11.1. The van der Waals surface area contributed by atoms with Gasteiger partial charge >= 0.3 is 0 Å². The maximum atomic E-state index is 9.42. The van der Waals surface area contributed by atoms with Crippen LogP contribution in [0.4, 0.5) is 0 Å². The smallest absolute Gasteiger partial charge is 0.140 e. The minimum absolute atomic E-state index is 0.259. The number of fused-ring (bicyclic) bond motifs is 1. The molecule has 0 saturated carbocycles. The van der Waals surface area contributed by atoms with Crippen LogP contribution in [0.3, 0.4) is 0 Å². The summed E-state index contributed by atoms with van der Waals surface area (Å²) in [6.45, 7) is 0.499. The lowest BCUT2D eigenvalue weighted by molar-refractivity contribution is 0.0821. The molecule has 0 aliphatic heterocycles. The lowest BCUT2D eigenvalue weighted by Gasteiger charge is -2.08. The van der Waals surface area contributed by atoms with Crippen LogP contribution in [-0.2, 0) is 13.1 Å². The molecule has 0 aliphatic carbocycles. The van der Waals surface area contributed by atoms with E-state index in [1.807, 2.05) is 22.9 Å². The maximum Gasteiger partial charge on any atom is 0.140 e.